The fraction of sp³-hybridized carbons (Fsp3) is 0.294. The van der Waals surface area contributed by atoms with Crippen LogP contribution in [0.1, 0.15) is 37.3 Å². The summed E-state index contributed by atoms with van der Waals surface area (Å²) in [6.45, 7) is 7.77. The molecule has 0 radical (unpaired) electrons. The van der Waals surface area contributed by atoms with E-state index in [0.29, 0.717) is 5.92 Å². The predicted molar refractivity (Wildman–Crippen MR) is 75.3 cm³/mol. The van der Waals surface area contributed by atoms with Gasteiger partial charge in [-0.2, -0.15) is 0 Å². The maximum absolute atomic E-state index is 13.4. The van der Waals surface area contributed by atoms with E-state index in [1.165, 1.54) is 22.8 Å². The summed E-state index contributed by atoms with van der Waals surface area (Å²) in [5, 5.41) is 0. The fourth-order valence-corrected chi connectivity index (χ4v) is 2.60. The molecule has 0 spiro atoms. The lowest BCUT2D eigenvalue weighted by Gasteiger charge is -2.12. The fourth-order valence-electron chi connectivity index (χ4n) is 2.60. The first-order valence-electron chi connectivity index (χ1n) is 6.38. The van der Waals surface area contributed by atoms with Gasteiger partial charge in [-0.1, -0.05) is 43.3 Å². The van der Waals surface area contributed by atoms with Crippen LogP contribution in [0.25, 0.3) is 0 Å². The minimum absolute atomic E-state index is 0.248. The third-order valence-corrected chi connectivity index (χ3v) is 3.62. The maximum Gasteiger partial charge on any atom is 0.122 e. The SMILES string of the molecule is C=C/C(F)=C\C1=C(C)Cc2ccccc2[C@@H](C)C1. The Bertz CT molecular complexity index is 520. The third-order valence-electron chi connectivity index (χ3n) is 3.62. The van der Waals surface area contributed by atoms with Crippen LogP contribution in [0.15, 0.2) is 60.0 Å². The molecule has 0 nitrogen and oxygen atoms in total. The molecule has 0 heterocycles. The Hall–Kier alpha value is -1.63. The molecule has 18 heavy (non-hydrogen) atoms. The van der Waals surface area contributed by atoms with E-state index in [1.54, 1.807) is 6.08 Å². The molecule has 0 saturated carbocycles. The van der Waals surface area contributed by atoms with Crippen molar-refractivity contribution in [2.24, 2.45) is 0 Å². The van der Waals surface area contributed by atoms with Crippen molar-refractivity contribution in [2.75, 3.05) is 0 Å². The molecule has 2 rings (SSSR count). The highest BCUT2D eigenvalue weighted by atomic mass is 19.1. The Morgan fingerprint density at radius 1 is 1.39 bits per heavy atom. The number of allylic oxidation sites excluding steroid dienone is 5. The van der Waals surface area contributed by atoms with Crippen LogP contribution in [0.5, 0.6) is 0 Å². The minimum atomic E-state index is -0.248. The normalized spacial score (nSPS) is 20.4. The molecule has 1 atom stereocenters. The van der Waals surface area contributed by atoms with Crippen molar-refractivity contribution < 1.29 is 4.39 Å². The molecule has 0 fully saturated rings. The van der Waals surface area contributed by atoms with Crippen molar-refractivity contribution in [1.29, 1.82) is 0 Å². The van der Waals surface area contributed by atoms with Crippen LogP contribution in [0.3, 0.4) is 0 Å². The van der Waals surface area contributed by atoms with Crippen molar-refractivity contribution in [3.8, 4) is 0 Å². The van der Waals surface area contributed by atoms with E-state index in [-0.39, 0.29) is 5.83 Å². The molecule has 0 aromatic heterocycles. The van der Waals surface area contributed by atoms with E-state index in [9.17, 15) is 4.39 Å². The van der Waals surface area contributed by atoms with Gasteiger partial charge in [0.25, 0.3) is 0 Å². The highest BCUT2D eigenvalue weighted by Gasteiger charge is 2.17. The van der Waals surface area contributed by atoms with E-state index < -0.39 is 0 Å². The van der Waals surface area contributed by atoms with Crippen LogP contribution in [-0.4, -0.2) is 0 Å². The van der Waals surface area contributed by atoms with Gasteiger partial charge in [0.1, 0.15) is 5.83 Å². The van der Waals surface area contributed by atoms with Crippen molar-refractivity contribution in [2.45, 2.75) is 32.6 Å². The Kier molecular flexibility index (Phi) is 3.81. The summed E-state index contributed by atoms with van der Waals surface area (Å²) in [6, 6.07) is 8.51. The standard InChI is InChI=1S/C17H19F/c1-4-16(18)11-15-10-13(3)17-8-6-5-7-14(17)9-12(15)2/h4-8,11,13H,1,9-10H2,2-3H3/b16-11+/t13-/m0/s1. The summed E-state index contributed by atoms with van der Waals surface area (Å²) in [7, 11) is 0. The zero-order chi connectivity index (χ0) is 13.1. The largest absolute Gasteiger partial charge is 0.207 e. The molecule has 1 heteroatoms. The van der Waals surface area contributed by atoms with Crippen molar-refractivity contribution in [3.63, 3.8) is 0 Å². The Labute approximate surface area is 109 Å². The summed E-state index contributed by atoms with van der Waals surface area (Å²) >= 11 is 0. The molecule has 0 N–H and O–H groups in total. The maximum atomic E-state index is 13.4. The number of fused-ring (bicyclic) bond motifs is 1. The first-order chi connectivity index (χ1) is 8.61. The van der Waals surface area contributed by atoms with E-state index in [4.69, 9.17) is 0 Å². The lowest BCUT2D eigenvalue weighted by atomic mass is 9.92. The zero-order valence-corrected chi connectivity index (χ0v) is 11.0. The smallest absolute Gasteiger partial charge is 0.122 e. The van der Waals surface area contributed by atoms with Gasteiger partial charge in [-0.25, -0.2) is 4.39 Å². The molecule has 1 aromatic carbocycles. The average Bonchev–Trinajstić information content (AvgIpc) is 2.48. The average molecular weight is 242 g/mol. The second kappa shape index (κ2) is 5.34. The number of rotatable bonds is 2. The van der Waals surface area contributed by atoms with Gasteiger partial charge in [-0.05, 0) is 54.5 Å². The summed E-state index contributed by atoms with van der Waals surface area (Å²) in [5.74, 6) is 0.185. The predicted octanol–water partition coefficient (Wildman–Crippen LogP) is 5.09. The van der Waals surface area contributed by atoms with E-state index in [2.05, 4.69) is 44.7 Å². The quantitative estimate of drug-likeness (QED) is 0.633. The summed E-state index contributed by atoms with van der Waals surface area (Å²) in [5.41, 5.74) is 5.11. The molecule has 1 aromatic rings. The summed E-state index contributed by atoms with van der Waals surface area (Å²) in [4.78, 5) is 0. The van der Waals surface area contributed by atoms with Crippen LogP contribution in [0.2, 0.25) is 0 Å². The Morgan fingerprint density at radius 2 is 2.11 bits per heavy atom. The Morgan fingerprint density at radius 3 is 2.83 bits per heavy atom. The van der Waals surface area contributed by atoms with Gasteiger partial charge in [-0.15, -0.1) is 0 Å². The lowest BCUT2D eigenvalue weighted by Crippen LogP contribution is -1.96. The summed E-state index contributed by atoms with van der Waals surface area (Å²) < 4.78 is 13.4. The van der Waals surface area contributed by atoms with E-state index in [0.717, 1.165) is 18.4 Å². The van der Waals surface area contributed by atoms with Gasteiger partial charge in [0.2, 0.25) is 0 Å². The monoisotopic (exact) mass is 242 g/mol. The zero-order valence-electron chi connectivity index (χ0n) is 11.0. The van der Waals surface area contributed by atoms with Crippen LogP contribution in [0.4, 0.5) is 4.39 Å². The van der Waals surface area contributed by atoms with Gasteiger partial charge in [0, 0.05) is 0 Å². The first kappa shape index (κ1) is 12.8. The number of hydrogen-bond donors (Lipinski definition) is 0. The van der Waals surface area contributed by atoms with Gasteiger partial charge < -0.3 is 0 Å². The Balaban J connectivity index is 2.41. The molecule has 0 amide bonds. The molecule has 94 valence electrons. The summed E-state index contributed by atoms with van der Waals surface area (Å²) in [6.07, 6.45) is 4.70. The second-order valence-corrected chi connectivity index (χ2v) is 5.02. The molecular formula is C17H19F. The highest BCUT2D eigenvalue weighted by molar-refractivity contribution is 5.41. The minimum Gasteiger partial charge on any atom is -0.207 e. The topological polar surface area (TPSA) is 0 Å². The molecule has 1 aliphatic carbocycles. The third kappa shape index (κ3) is 2.61. The first-order valence-corrected chi connectivity index (χ1v) is 6.38. The number of benzene rings is 1. The number of hydrogen-bond acceptors (Lipinski definition) is 0. The second-order valence-electron chi connectivity index (χ2n) is 5.02. The van der Waals surface area contributed by atoms with E-state index in [1.807, 2.05) is 0 Å². The van der Waals surface area contributed by atoms with Crippen LogP contribution in [-0.2, 0) is 6.42 Å². The van der Waals surface area contributed by atoms with Crippen LogP contribution >= 0.6 is 0 Å². The lowest BCUT2D eigenvalue weighted by molar-refractivity contribution is 0.662. The molecule has 0 aliphatic heterocycles. The van der Waals surface area contributed by atoms with Crippen molar-refractivity contribution in [3.05, 3.63) is 71.1 Å². The molecular weight excluding hydrogens is 223 g/mol. The van der Waals surface area contributed by atoms with Gasteiger partial charge in [-0.3, -0.25) is 0 Å². The molecule has 0 saturated heterocycles. The van der Waals surface area contributed by atoms with Crippen LogP contribution in [0, 0.1) is 0 Å². The van der Waals surface area contributed by atoms with Crippen LogP contribution < -0.4 is 0 Å². The van der Waals surface area contributed by atoms with Crippen molar-refractivity contribution >= 4 is 0 Å². The van der Waals surface area contributed by atoms with E-state index >= 15 is 0 Å². The molecule has 0 bridgehead atoms. The highest BCUT2D eigenvalue weighted by Crippen LogP contribution is 2.34. The van der Waals surface area contributed by atoms with Gasteiger partial charge in [0.15, 0.2) is 0 Å². The van der Waals surface area contributed by atoms with Crippen molar-refractivity contribution in [1.82, 2.24) is 0 Å². The van der Waals surface area contributed by atoms with Gasteiger partial charge in [0.05, 0.1) is 0 Å². The number of halogens is 1. The molecule has 0 unspecified atom stereocenters. The van der Waals surface area contributed by atoms with Gasteiger partial charge >= 0.3 is 0 Å². The molecule has 1 aliphatic rings.